The maximum absolute atomic E-state index is 5.56. The van der Waals surface area contributed by atoms with Gasteiger partial charge in [-0.2, -0.15) is 0 Å². The minimum Gasteiger partial charge on any atom is -0.374 e. The standard InChI is InChI=1S/C12H22N2OS/c1-8(13-5)9-7-16-11(14-9)10(15-6)12(2,3)4/h7-8,10,13H,1-6H3. The van der Waals surface area contributed by atoms with Gasteiger partial charge in [0.1, 0.15) is 11.1 Å². The smallest absolute Gasteiger partial charge is 0.122 e. The molecule has 1 rings (SSSR count). The van der Waals surface area contributed by atoms with Gasteiger partial charge >= 0.3 is 0 Å². The Morgan fingerprint density at radius 2 is 2.06 bits per heavy atom. The van der Waals surface area contributed by atoms with Crippen LogP contribution in [0.3, 0.4) is 0 Å². The summed E-state index contributed by atoms with van der Waals surface area (Å²) in [6.45, 7) is 8.62. The number of hydrogen-bond acceptors (Lipinski definition) is 4. The van der Waals surface area contributed by atoms with Crippen LogP contribution in [0.4, 0.5) is 0 Å². The van der Waals surface area contributed by atoms with E-state index >= 15 is 0 Å². The van der Waals surface area contributed by atoms with E-state index < -0.39 is 0 Å². The van der Waals surface area contributed by atoms with E-state index in [4.69, 9.17) is 4.74 Å². The Kier molecular flexibility index (Phi) is 4.47. The molecule has 0 aromatic carbocycles. The first-order valence-corrected chi connectivity index (χ1v) is 6.43. The molecule has 92 valence electrons. The Balaban J connectivity index is 2.91. The number of nitrogens with one attached hydrogen (secondary N) is 1. The predicted molar refractivity (Wildman–Crippen MR) is 68.8 cm³/mol. The van der Waals surface area contributed by atoms with Crippen LogP contribution < -0.4 is 5.32 Å². The van der Waals surface area contributed by atoms with Crippen LogP contribution in [0.1, 0.15) is 50.5 Å². The van der Waals surface area contributed by atoms with E-state index in [2.05, 4.69) is 43.4 Å². The predicted octanol–water partition coefficient (Wildman–Crippen LogP) is 3.16. The largest absolute Gasteiger partial charge is 0.374 e. The van der Waals surface area contributed by atoms with Gasteiger partial charge in [0, 0.05) is 18.5 Å². The molecule has 0 amide bonds. The second-order valence-electron chi connectivity index (χ2n) is 5.10. The van der Waals surface area contributed by atoms with E-state index in [0.29, 0.717) is 6.04 Å². The van der Waals surface area contributed by atoms with Crippen LogP contribution in [0.2, 0.25) is 0 Å². The van der Waals surface area contributed by atoms with Gasteiger partial charge in [0.2, 0.25) is 0 Å². The molecule has 4 heteroatoms. The summed E-state index contributed by atoms with van der Waals surface area (Å²) in [6, 6.07) is 0.294. The molecule has 0 bridgehead atoms. The molecule has 0 saturated carbocycles. The fourth-order valence-electron chi connectivity index (χ4n) is 1.59. The molecular weight excluding hydrogens is 220 g/mol. The Morgan fingerprint density at radius 1 is 1.44 bits per heavy atom. The van der Waals surface area contributed by atoms with Gasteiger partial charge in [-0.15, -0.1) is 11.3 Å². The first kappa shape index (κ1) is 13.6. The number of ether oxygens (including phenoxy) is 1. The number of nitrogens with zero attached hydrogens (tertiary/aromatic N) is 1. The van der Waals surface area contributed by atoms with Crippen LogP contribution in [-0.4, -0.2) is 19.1 Å². The summed E-state index contributed by atoms with van der Waals surface area (Å²) in [5, 5.41) is 6.36. The molecule has 3 nitrogen and oxygen atoms in total. The Morgan fingerprint density at radius 3 is 2.50 bits per heavy atom. The molecule has 0 aliphatic rings. The number of methoxy groups -OCH3 is 1. The topological polar surface area (TPSA) is 34.1 Å². The van der Waals surface area contributed by atoms with Crippen LogP contribution in [0.25, 0.3) is 0 Å². The van der Waals surface area contributed by atoms with Crippen molar-refractivity contribution >= 4 is 11.3 Å². The third-order valence-electron chi connectivity index (χ3n) is 2.66. The van der Waals surface area contributed by atoms with Crippen molar-refractivity contribution in [3.8, 4) is 0 Å². The molecular formula is C12H22N2OS. The Hall–Kier alpha value is -0.450. The lowest BCUT2D eigenvalue weighted by Gasteiger charge is -2.27. The Bertz CT molecular complexity index is 330. The fourth-order valence-corrected chi connectivity index (χ4v) is 2.82. The average Bonchev–Trinajstić information content (AvgIpc) is 2.64. The highest BCUT2D eigenvalue weighted by Crippen LogP contribution is 2.37. The maximum Gasteiger partial charge on any atom is 0.122 e. The van der Waals surface area contributed by atoms with Gasteiger partial charge in [-0.1, -0.05) is 20.8 Å². The molecule has 0 aliphatic carbocycles. The van der Waals surface area contributed by atoms with Gasteiger partial charge in [0.25, 0.3) is 0 Å². The second-order valence-corrected chi connectivity index (χ2v) is 5.99. The summed E-state index contributed by atoms with van der Waals surface area (Å²) in [7, 11) is 3.69. The van der Waals surface area contributed by atoms with E-state index in [1.54, 1.807) is 18.4 Å². The highest BCUT2D eigenvalue weighted by molar-refractivity contribution is 7.09. The van der Waals surface area contributed by atoms with Crippen LogP contribution in [0, 0.1) is 5.41 Å². The van der Waals surface area contributed by atoms with Crippen molar-refractivity contribution in [3.05, 3.63) is 16.1 Å². The van der Waals surface area contributed by atoms with E-state index in [9.17, 15) is 0 Å². The number of rotatable bonds is 4. The molecule has 1 N–H and O–H groups in total. The lowest BCUT2D eigenvalue weighted by Crippen LogP contribution is -2.20. The number of hydrogen-bond donors (Lipinski definition) is 1. The summed E-state index contributed by atoms with van der Waals surface area (Å²) in [4.78, 5) is 4.65. The van der Waals surface area contributed by atoms with Crippen molar-refractivity contribution in [1.29, 1.82) is 0 Å². The van der Waals surface area contributed by atoms with Gasteiger partial charge in [-0.3, -0.25) is 0 Å². The Labute approximate surface area is 102 Å². The molecule has 16 heavy (non-hydrogen) atoms. The van der Waals surface area contributed by atoms with E-state index in [1.165, 1.54) is 0 Å². The monoisotopic (exact) mass is 242 g/mol. The molecule has 2 unspecified atom stereocenters. The van der Waals surface area contributed by atoms with Crippen LogP contribution in [0.5, 0.6) is 0 Å². The highest BCUT2D eigenvalue weighted by Gasteiger charge is 2.29. The summed E-state index contributed by atoms with van der Waals surface area (Å²) in [5.74, 6) is 0. The molecule has 1 heterocycles. The van der Waals surface area contributed by atoms with E-state index in [1.807, 2.05) is 7.05 Å². The maximum atomic E-state index is 5.56. The minimum atomic E-state index is 0.0651. The molecule has 1 aromatic heterocycles. The normalized spacial score (nSPS) is 16.1. The molecule has 0 aliphatic heterocycles. The van der Waals surface area contributed by atoms with Crippen molar-refractivity contribution in [3.63, 3.8) is 0 Å². The zero-order chi connectivity index (χ0) is 12.3. The third-order valence-corrected chi connectivity index (χ3v) is 3.57. The van der Waals surface area contributed by atoms with Crippen molar-refractivity contribution in [2.24, 2.45) is 5.41 Å². The van der Waals surface area contributed by atoms with Gasteiger partial charge in [-0.05, 0) is 19.4 Å². The lowest BCUT2D eigenvalue weighted by molar-refractivity contribution is 0.0149. The van der Waals surface area contributed by atoms with Gasteiger partial charge < -0.3 is 10.1 Å². The minimum absolute atomic E-state index is 0.0651. The van der Waals surface area contributed by atoms with Crippen molar-refractivity contribution in [2.75, 3.05) is 14.2 Å². The highest BCUT2D eigenvalue weighted by atomic mass is 32.1. The molecule has 0 spiro atoms. The van der Waals surface area contributed by atoms with Crippen molar-refractivity contribution in [2.45, 2.75) is 39.8 Å². The SMILES string of the molecule is CNC(C)c1csc(C(OC)C(C)(C)C)n1. The molecule has 1 aromatic rings. The zero-order valence-electron chi connectivity index (χ0n) is 11.0. The quantitative estimate of drug-likeness (QED) is 0.880. The number of thiazole rings is 1. The van der Waals surface area contributed by atoms with Crippen LogP contribution >= 0.6 is 11.3 Å². The first-order chi connectivity index (χ1) is 7.40. The average molecular weight is 242 g/mol. The first-order valence-electron chi connectivity index (χ1n) is 5.55. The van der Waals surface area contributed by atoms with Crippen LogP contribution in [0.15, 0.2) is 5.38 Å². The third kappa shape index (κ3) is 3.03. The van der Waals surface area contributed by atoms with Gasteiger partial charge in [0.15, 0.2) is 0 Å². The number of aromatic nitrogens is 1. The van der Waals surface area contributed by atoms with E-state index in [0.717, 1.165) is 10.7 Å². The van der Waals surface area contributed by atoms with Gasteiger partial charge in [-0.25, -0.2) is 4.98 Å². The van der Waals surface area contributed by atoms with Crippen molar-refractivity contribution < 1.29 is 4.74 Å². The molecule has 0 fully saturated rings. The van der Waals surface area contributed by atoms with E-state index in [-0.39, 0.29) is 11.5 Å². The summed E-state index contributed by atoms with van der Waals surface area (Å²) < 4.78 is 5.56. The lowest BCUT2D eigenvalue weighted by atomic mass is 9.89. The summed E-state index contributed by atoms with van der Waals surface area (Å²) >= 11 is 1.68. The second kappa shape index (κ2) is 5.25. The summed E-state index contributed by atoms with van der Waals surface area (Å²) in [6.07, 6.45) is 0.0651. The van der Waals surface area contributed by atoms with Crippen molar-refractivity contribution in [1.82, 2.24) is 10.3 Å². The van der Waals surface area contributed by atoms with Crippen LogP contribution in [-0.2, 0) is 4.74 Å². The fraction of sp³-hybridized carbons (Fsp3) is 0.750. The molecule has 0 saturated heterocycles. The van der Waals surface area contributed by atoms with Gasteiger partial charge in [0.05, 0.1) is 5.69 Å². The summed E-state index contributed by atoms with van der Waals surface area (Å²) in [5.41, 5.74) is 1.17. The zero-order valence-corrected chi connectivity index (χ0v) is 11.8. The molecule has 0 radical (unpaired) electrons. The molecule has 2 atom stereocenters.